The van der Waals surface area contributed by atoms with E-state index >= 15 is 0 Å². The van der Waals surface area contributed by atoms with Crippen molar-refractivity contribution < 1.29 is 14.3 Å². The zero-order valence-electron chi connectivity index (χ0n) is 23.3. The Bertz CT molecular complexity index is 1090. The normalized spacial score (nSPS) is 22.6. The lowest BCUT2D eigenvalue weighted by molar-refractivity contribution is -0.135. The fourth-order valence-electron chi connectivity index (χ4n) is 5.59. The number of benzene rings is 1. The first-order valence-corrected chi connectivity index (χ1v) is 14.6. The highest BCUT2D eigenvalue weighted by Crippen LogP contribution is 2.39. The van der Waals surface area contributed by atoms with Gasteiger partial charge in [-0.25, -0.2) is 9.79 Å². The van der Waals surface area contributed by atoms with E-state index in [0.29, 0.717) is 41.0 Å². The molecule has 1 aromatic carbocycles. The third kappa shape index (κ3) is 7.18. The van der Waals surface area contributed by atoms with Crippen molar-refractivity contribution in [1.29, 1.82) is 0 Å². The first-order chi connectivity index (χ1) is 18.6. The number of halogens is 2. The van der Waals surface area contributed by atoms with Crippen LogP contribution in [0.1, 0.15) is 53.4 Å². The Hall–Kier alpha value is -2.49. The summed E-state index contributed by atoms with van der Waals surface area (Å²) in [6.45, 7) is 11.6. The number of nitrogens with one attached hydrogen (secondary N) is 2. The molecular weight excluding hydrogens is 539 g/mol. The van der Waals surface area contributed by atoms with E-state index in [1.54, 1.807) is 43.3 Å². The fourth-order valence-corrected chi connectivity index (χ4v) is 6.03. The van der Waals surface area contributed by atoms with Crippen molar-refractivity contribution in [3.05, 3.63) is 40.1 Å². The highest BCUT2D eigenvalue weighted by molar-refractivity contribution is 6.35. The lowest BCUT2D eigenvalue weighted by Gasteiger charge is -2.42. The molecule has 3 aliphatic rings. The Kier molecular flexibility index (Phi) is 9.67. The summed E-state index contributed by atoms with van der Waals surface area (Å²) in [5.74, 6) is 1.16. The van der Waals surface area contributed by atoms with Gasteiger partial charge in [-0.3, -0.25) is 9.69 Å². The van der Waals surface area contributed by atoms with E-state index < -0.39 is 5.60 Å². The maximum atomic E-state index is 13.2. The summed E-state index contributed by atoms with van der Waals surface area (Å²) in [6, 6.07) is 5.47. The average Bonchev–Trinajstić information content (AvgIpc) is 3.18. The molecule has 2 unspecified atom stereocenters. The maximum Gasteiger partial charge on any atom is 0.322 e. The van der Waals surface area contributed by atoms with Crippen molar-refractivity contribution in [3.8, 4) is 5.75 Å². The highest BCUT2D eigenvalue weighted by atomic mass is 35.5. The quantitative estimate of drug-likeness (QED) is 0.426. The molecule has 3 amide bonds. The van der Waals surface area contributed by atoms with Crippen LogP contribution in [-0.4, -0.2) is 89.4 Å². The third-order valence-electron chi connectivity index (χ3n) is 7.80. The van der Waals surface area contributed by atoms with Crippen LogP contribution >= 0.6 is 23.2 Å². The van der Waals surface area contributed by atoms with Crippen LogP contribution in [0, 0.1) is 0 Å². The van der Waals surface area contributed by atoms with Gasteiger partial charge in [0.25, 0.3) is 5.91 Å². The maximum absolute atomic E-state index is 13.2. The van der Waals surface area contributed by atoms with Crippen LogP contribution in [0.3, 0.4) is 0 Å². The minimum atomic E-state index is -1.10. The van der Waals surface area contributed by atoms with Crippen LogP contribution in [-0.2, 0) is 4.79 Å². The number of carbonyl (C=O) groups excluding carboxylic acids is 2. The number of ether oxygens (including phenoxy) is 1. The summed E-state index contributed by atoms with van der Waals surface area (Å²) in [6.07, 6.45) is 7.45. The van der Waals surface area contributed by atoms with E-state index in [1.807, 2.05) is 6.08 Å². The van der Waals surface area contributed by atoms with E-state index in [9.17, 15) is 9.59 Å². The van der Waals surface area contributed by atoms with Gasteiger partial charge < -0.3 is 25.2 Å². The Morgan fingerprint density at radius 1 is 1.15 bits per heavy atom. The van der Waals surface area contributed by atoms with Crippen LogP contribution in [0.4, 0.5) is 4.79 Å². The number of nitrogens with zero attached hydrogens (tertiary/aromatic N) is 4. The summed E-state index contributed by atoms with van der Waals surface area (Å²) in [5, 5.41) is 7.07. The second-order valence-corrected chi connectivity index (χ2v) is 11.7. The first-order valence-electron chi connectivity index (χ1n) is 13.9. The summed E-state index contributed by atoms with van der Waals surface area (Å²) in [7, 11) is 0. The van der Waals surface area contributed by atoms with Gasteiger partial charge in [-0.05, 0) is 76.9 Å². The summed E-state index contributed by atoms with van der Waals surface area (Å²) < 4.78 is 5.97. The van der Waals surface area contributed by atoms with Gasteiger partial charge in [-0.1, -0.05) is 37.0 Å². The molecule has 2 saturated heterocycles. The number of fused-ring (bicyclic) bond motifs is 2. The van der Waals surface area contributed by atoms with Gasteiger partial charge in [0.2, 0.25) is 0 Å². The molecule has 3 heterocycles. The first kappa shape index (κ1) is 29.5. The number of hydrogen-bond donors (Lipinski definition) is 2. The minimum absolute atomic E-state index is 0.0519. The van der Waals surface area contributed by atoms with E-state index in [2.05, 4.69) is 39.3 Å². The van der Waals surface area contributed by atoms with Crippen LogP contribution in [0.25, 0.3) is 0 Å². The zero-order valence-corrected chi connectivity index (χ0v) is 24.8. The molecular formula is C28H40Cl2N6O3. The second-order valence-electron chi connectivity index (χ2n) is 10.8. The lowest BCUT2D eigenvalue weighted by atomic mass is 9.96. The molecule has 9 nitrogen and oxygen atoms in total. The molecule has 2 fully saturated rings. The molecule has 2 N–H and O–H groups in total. The number of rotatable bonds is 10. The molecule has 39 heavy (non-hydrogen) atoms. The topological polar surface area (TPSA) is 89.5 Å². The van der Waals surface area contributed by atoms with Gasteiger partial charge in [-0.15, -0.1) is 0 Å². The Balaban J connectivity index is 1.28. The largest absolute Gasteiger partial charge is 0.476 e. The second kappa shape index (κ2) is 12.8. The van der Waals surface area contributed by atoms with Gasteiger partial charge in [0.05, 0.1) is 11.6 Å². The molecule has 2 bridgehead atoms. The van der Waals surface area contributed by atoms with Gasteiger partial charge in [0.15, 0.2) is 5.60 Å². The molecule has 3 aliphatic heterocycles. The predicted octanol–water partition coefficient (Wildman–Crippen LogP) is 4.50. The van der Waals surface area contributed by atoms with Crippen molar-refractivity contribution in [2.24, 2.45) is 4.99 Å². The molecule has 0 spiro atoms. The average molecular weight is 580 g/mol. The zero-order chi connectivity index (χ0) is 28.2. The number of aliphatic imine (C=N–C) groups is 1. The molecule has 0 aromatic heterocycles. The number of hydrogen-bond acceptors (Lipinski definition) is 6. The molecule has 0 saturated carbocycles. The summed E-state index contributed by atoms with van der Waals surface area (Å²) in [4.78, 5) is 36.6. The van der Waals surface area contributed by atoms with Crippen LogP contribution in [0.15, 0.2) is 35.1 Å². The van der Waals surface area contributed by atoms with Crippen molar-refractivity contribution in [1.82, 2.24) is 25.3 Å². The molecule has 1 aromatic rings. The van der Waals surface area contributed by atoms with Crippen molar-refractivity contribution in [2.45, 2.75) is 77.1 Å². The molecule has 4 rings (SSSR count). The van der Waals surface area contributed by atoms with E-state index in [4.69, 9.17) is 27.9 Å². The molecule has 11 heteroatoms. The summed E-state index contributed by atoms with van der Waals surface area (Å²) >= 11 is 12.2. The van der Waals surface area contributed by atoms with E-state index in [0.717, 1.165) is 51.1 Å². The number of amides is 3. The van der Waals surface area contributed by atoms with Gasteiger partial charge in [0, 0.05) is 36.2 Å². The van der Waals surface area contributed by atoms with Crippen molar-refractivity contribution >= 4 is 41.5 Å². The molecule has 214 valence electrons. The smallest absolute Gasteiger partial charge is 0.322 e. The summed E-state index contributed by atoms with van der Waals surface area (Å²) in [5.41, 5.74) is -1.10. The molecule has 0 radical (unpaired) electrons. The Labute approximate surface area is 241 Å². The minimum Gasteiger partial charge on any atom is -0.476 e. The predicted molar refractivity (Wildman–Crippen MR) is 155 cm³/mol. The van der Waals surface area contributed by atoms with Crippen LogP contribution in [0.2, 0.25) is 10.0 Å². The highest BCUT2D eigenvalue weighted by Gasteiger charge is 2.43. The SMILES string of the molecule is CCN(CC)CCNC(=O)N1C=NC(N2C3CCC2CC(NC(=O)C(C)(C)Oc2ccc(Cl)cc2Cl)C3)=CC1. The fraction of sp³-hybridized carbons (Fsp3) is 0.607. The number of likely N-dealkylation sites (N-methyl/N-ethyl adjacent to an activating group) is 1. The van der Waals surface area contributed by atoms with Crippen LogP contribution in [0.5, 0.6) is 5.75 Å². The lowest BCUT2D eigenvalue weighted by Crippen LogP contribution is -2.55. The Morgan fingerprint density at radius 3 is 2.44 bits per heavy atom. The standard InChI is InChI=1S/C28H40Cl2N6O3/c1-5-34(6-2)14-12-31-27(38)35-13-11-25(32-18-35)36-21-8-9-22(36)17-20(16-21)33-26(37)28(3,4)39-24-10-7-19(29)15-23(24)30/h7,10-11,15,18,20-22H,5-6,8-9,12-14,16-17H2,1-4H3,(H,31,38)(H,33,37). The van der Waals surface area contributed by atoms with Gasteiger partial charge >= 0.3 is 6.03 Å². The number of carbonyl (C=O) groups is 2. The number of piperidine rings is 1. The number of urea groups is 1. The Morgan fingerprint density at radius 2 is 1.85 bits per heavy atom. The van der Waals surface area contributed by atoms with Gasteiger partial charge in [-0.2, -0.15) is 0 Å². The van der Waals surface area contributed by atoms with Crippen LogP contribution < -0.4 is 15.4 Å². The molecule has 0 aliphatic carbocycles. The van der Waals surface area contributed by atoms with Gasteiger partial charge in [0.1, 0.15) is 17.9 Å². The van der Waals surface area contributed by atoms with Crippen molar-refractivity contribution in [3.63, 3.8) is 0 Å². The monoisotopic (exact) mass is 578 g/mol. The molecule has 2 atom stereocenters. The van der Waals surface area contributed by atoms with Crippen molar-refractivity contribution in [2.75, 3.05) is 32.7 Å². The van der Waals surface area contributed by atoms with E-state index in [1.165, 1.54) is 0 Å². The van der Waals surface area contributed by atoms with E-state index in [-0.39, 0.29) is 18.0 Å². The third-order valence-corrected chi connectivity index (χ3v) is 8.33.